The fraction of sp³-hybridized carbons (Fsp3) is 0.588. The minimum absolute atomic E-state index is 0. The lowest BCUT2D eigenvalue weighted by atomic mass is 10.0. The van der Waals surface area contributed by atoms with Crippen LogP contribution in [-0.4, -0.2) is 44.1 Å². The van der Waals surface area contributed by atoms with Gasteiger partial charge in [-0.05, 0) is 49.5 Å². The molecule has 0 bridgehead atoms. The standard InChI is InChI=1S/C17H26N2O2.ClH/c1-13(2)15-5-4-6-16(9-15)21-12-17(20)19-8-7-14(11-19)10-18-3;/h4-6,9,13-14,18H,7-8,10-12H2,1-3H3;1H. The summed E-state index contributed by atoms with van der Waals surface area (Å²) in [7, 11) is 1.95. The van der Waals surface area contributed by atoms with E-state index >= 15 is 0 Å². The van der Waals surface area contributed by atoms with Crippen molar-refractivity contribution in [3.8, 4) is 5.75 Å². The van der Waals surface area contributed by atoms with Gasteiger partial charge in [0.05, 0.1) is 0 Å². The normalized spacial score (nSPS) is 17.5. The Morgan fingerprint density at radius 1 is 1.45 bits per heavy atom. The molecule has 1 unspecified atom stereocenters. The van der Waals surface area contributed by atoms with Crippen molar-refractivity contribution in [3.63, 3.8) is 0 Å². The highest BCUT2D eigenvalue weighted by Gasteiger charge is 2.25. The van der Waals surface area contributed by atoms with Crippen molar-refractivity contribution in [2.24, 2.45) is 5.92 Å². The number of nitrogens with one attached hydrogen (secondary N) is 1. The Morgan fingerprint density at radius 3 is 2.91 bits per heavy atom. The third-order valence-electron chi connectivity index (χ3n) is 4.02. The molecule has 1 fully saturated rings. The number of hydrogen-bond donors (Lipinski definition) is 1. The van der Waals surface area contributed by atoms with Gasteiger partial charge in [0.25, 0.3) is 5.91 Å². The topological polar surface area (TPSA) is 41.6 Å². The van der Waals surface area contributed by atoms with E-state index in [2.05, 4.69) is 25.2 Å². The molecule has 1 atom stereocenters. The maximum Gasteiger partial charge on any atom is 0.260 e. The summed E-state index contributed by atoms with van der Waals surface area (Å²) >= 11 is 0. The minimum atomic E-state index is 0. The third kappa shape index (κ3) is 5.18. The molecule has 4 nitrogen and oxygen atoms in total. The summed E-state index contributed by atoms with van der Waals surface area (Å²) in [6.07, 6.45) is 1.08. The van der Waals surface area contributed by atoms with Crippen LogP contribution in [0.4, 0.5) is 0 Å². The zero-order chi connectivity index (χ0) is 15.2. The molecule has 1 aromatic rings. The summed E-state index contributed by atoms with van der Waals surface area (Å²) in [5, 5.41) is 3.17. The fourth-order valence-corrected chi connectivity index (χ4v) is 2.71. The second-order valence-corrected chi connectivity index (χ2v) is 6.07. The summed E-state index contributed by atoms with van der Waals surface area (Å²) in [6, 6.07) is 7.99. The number of carbonyl (C=O) groups excluding carboxylic acids is 1. The molecule has 1 amide bonds. The highest BCUT2D eigenvalue weighted by molar-refractivity contribution is 5.85. The molecule has 0 aromatic heterocycles. The lowest BCUT2D eigenvalue weighted by molar-refractivity contribution is -0.132. The van der Waals surface area contributed by atoms with Crippen LogP contribution in [0.15, 0.2) is 24.3 Å². The van der Waals surface area contributed by atoms with E-state index in [1.165, 1.54) is 5.56 Å². The van der Waals surface area contributed by atoms with Crippen LogP contribution in [0.1, 0.15) is 31.7 Å². The van der Waals surface area contributed by atoms with Gasteiger partial charge in [-0.15, -0.1) is 12.4 Å². The Kier molecular flexibility index (Phi) is 7.69. The van der Waals surface area contributed by atoms with Crippen LogP contribution < -0.4 is 10.1 Å². The van der Waals surface area contributed by atoms with E-state index in [0.29, 0.717) is 11.8 Å². The van der Waals surface area contributed by atoms with Crippen molar-refractivity contribution in [2.45, 2.75) is 26.2 Å². The number of nitrogens with zero attached hydrogens (tertiary/aromatic N) is 1. The summed E-state index contributed by atoms with van der Waals surface area (Å²) < 4.78 is 5.66. The maximum absolute atomic E-state index is 12.2. The number of amides is 1. The van der Waals surface area contributed by atoms with E-state index in [1.54, 1.807) is 0 Å². The number of ether oxygens (including phenoxy) is 1. The molecule has 1 aliphatic rings. The number of hydrogen-bond acceptors (Lipinski definition) is 3. The number of rotatable bonds is 6. The Balaban J connectivity index is 0.00000242. The molecule has 124 valence electrons. The molecule has 1 N–H and O–H groups in total. The van der Waals surface area contributed by atoms with Gasteiger partial charge in [0.2, 0.25) is 0 Å². The minimum Gasteiger partial charge on any atom is -0.484 e. The van der Waals surface area contributed by atoms with Gasteiger partial charge in [-0.25, -0.2) is 0 Å². The molecule has 5 heteroatoms. The molecule has 2 rings (SSSR count). The fourth-order valence-electron chi connectivity index (χ4n) is 2.71. The largest absolute Gasteiger partial charge is 0.484 e. The van der Waals surface area contributed by atoms with Crippen LogP contribution in [0.25, 0.3) is 0 Å². The summed E-state index contributed by atoms with van der Waals surface area (Å²) in [5.41, 5.74) is 1.23. The average Bonchev–Trinajstić information content (AvgIpc) is 2.94. The molecule has 0 saturated carbocycles. The molecule has 0 aliphatic carbocycles. The smallest absolute Gasteiger partial charge is 0.260 e. The predicted molar refractivity (Wildman–Crippen MR) is 91.9 cm³/mol. The molecule has 22 heavy (non-hydrogen) atoms. The Hall–Kier alpha value is -1.26. The van der Waals surface area contributed by atoms with Gasteiger partial charge >= 0.3 is 0 Å². The first kappa shape index (κ1) is 18.8. The van der Waals surface area contributed by atoms with Crippen LogP contribution in [0.2, 0.25) is 0 Å². The van der Waals surface area contributed by atoms with E-state index in [4.69, 9.17) is 4.74 Å². The first-order valence-corrected chi connectivity index (χ1v) is 7.75. The van der Waals surface area contributed by atoms with Crippen LogP contribution in [0.5, 0.6) is 5.75 Å². The van der Waals surface area contributed by atoms with Gasteiger partial charge in [-0.1, -0.05) is 26.0 Å². The van der Waals surface area contributed by atoms with Gasteiger partial charge in [0, 0.05) is 13.1 Å². The number of likely N-dealkylation sites (tertiary alicyclic amines) is 1. The summed E-state index contributed by atoms with van der Waals surface area (Å²) in [5.74, 6) is 1.90. The highest BCUT2D eigenvalue weighted by Crippen LogP contribution is 2.20. The molecule has 1 aliphatic heterocycles. The first-order valence-electron chi connectivity index (χ1n) is 7.75. The average molecular weight is 327 g/mol. The quantitative estimate of drug-likeness (QED) is 0.874. The van der Waals surface area contributed by atoms with Crippen molar-refractivity contribution in [2.75, 3.05) is 33.3 Å². The van der Waals surface area contributed by atoms with Gasteiger partial charge < -0.3 is 15.0 Å². The highest BCUT2D eigenvalue weighted by atomic mass is 35.5. The van der Waals surface area contributed by atoms with E-state index in [-0.39, 0.29) is 24.9 Å². The lowest BCUT2D eigenvalue weighted by Gasteiger charge is -2.17. The van der Waals surface area contributed by atoms with Crippen molar-refractivity contribution in [3.05, 3.63) is 29.8 Å². The van der Waals surface area contributed by atoms with Gasteiger partial charge in [0.1, 0.15) is 5.75 Å². The van der Waals surface area contributed by atoms with Gasteiger partial charge in [0.15, 0.2) is 6.61 Å². The van der Waals surface area contributed by atoms with E-state index < -0.39 is 0 Å². The predicted octanol–water partition coefficient (Wildman–Crippen LogP) is 2.68. The monoisotopic (exact) mass is 326 g/mol. The Morgan fingerprint density at radius 2 is 2.23 bits per heavy atom. The van der Waals surface area contributed by atoms with Crippen LogP contribution >= 0.6 is 12.4 Å². The van der Waals surface area contributed by atoms with Crippen LogP contribution in [-0.2, 0) is 4.79 Å². The summed E-state index contributed by atoms with van der Waals surface area (Å²) in [4.78, 5) is 14.1. The van der Waals surface area contributed by atoms with E-state index in [0.717, 1.165) is 31.8 Å². The van der Waals surface area contributed by atoms with Crippen molar-refractivity contribution in [1.29, 1.82) is 0 Å². The molecule has 1 aromatic carbocycles. The second kappa shape index (κ2) is 9.01. The molecular weight excluding hydrogens is 300 g/mol. The van der Waals surface area contributed by atoms with Crippen molar-refractivity contribution in [1.82, 2.24) is 10.2 Å². The van der Waals surface area contributed by atoms with Gasteiger partial charge in [-0.2, -0.15) is 0 Å². The van der Waals surface area contributed by atoms with Crippen molar-refractivity contribution >= 4 is 18.3 Å². The Labute approximate surface area is 139 Å². The maximum atomic E-state index is 12.2. The van der Waals surface area contributed by atoms with Gasteiger partial charge in [-0.3, -0.25) is 4.79 Å². The van der Waals surface area contributed by atoms with E-state index in [9.17, 15) is 4.79 Å². The summed E-state index contributed by atoms with van der Waals surface area (Å²) in [6.45, 7) is 7.09. The number of carbonyl (C=O) groups is 1. The molecule has 1 heterocycles. The number of halogens is 1. The van der Waals surface area contributed by atoms with Crippen LogP contribution in [0, 0.1) is 5.92 Å². The van der Waals surface area contributed by atoms with Crippen molar-refractivity contribution < 1.29 is 9.53 Å². The second-order valence-electron chi connectivity index (χ2n) is 6.07. The molecule has 0 radical (unpaired) electrons. The third-order valence-corrected chi connectivity index (χ3v) is 4.02. The first-order chi connectivity index (χ1) is 10.1. The molecule has 0 spiro atoms. The lowest BCUT2D eigenvalue weighted by Crippen LogP contribution is -2.34. The van der Waals surface area contributed by atoms with Crippen LogP contribution in [0.3, 0.4) is 0 Å². The SMILES string of the molecule is CNCC1CCN(C(=O)COc2cccc(C(C)C)c2)C1.Cl. The zero-order valence-corrected chi connectivity index (χ0v) is 14.5. The zero-order valence-electron chi connectivity index (χ0n) is 13.7. The Bertz CT molecular complexity index is 479. The molecule has 1 saturated heterocycles. The molecular formula is C17H27ClN2O2. The number of benzene rings is 1. The van der Waals surface area contributed by atoms with E-state index in [1.807, 2.05) is 30.1 Å².